The fourth-order valence-corrected chi connectivity index (χ4v) is 2.38. The van der Waals surface area contributed by atoms with E-state index in [4.69, 9.17) is 5.73 Å². The maximum atomic E-state index is 12.2. The molecule has 1 amide bonds. The molecule has 1 aliphatic rings. The Morgan fingerprint density at radius 1 is 1.24 bits per heavy atom. The normalized spacial score (nSPS) is 16.1. The van der Waals surface area contributed by atoms with Crippen LogP contribution in [0.2, 0.25) is 0 Å². The van der Waals surface area contributed by atoms with Crippen LogP contribution in [-0.2, 0) is 6.54 Å². The fraction of sp³-hybridized carbons (Fsp3) is 0.385. The number of hydrogen-bond donors (Lipinski definition) is 2. The fourth-order valence-electron chi connectivity index (χ4n) is 2.38. The van der Waals surface area contributed by atoms with Gasteiger partial charge in [0.05, 0.1) is 0 Å². The number of piperazine rings is 1. The quantitative estimate of drug-likeness (QED) is 0.806. The second kappa shape index (κ2) is 5.88. The summed E-state index contributed by atoms with van der Waals surface area (Å²) in [6.07, 6.45) is 3.59. The van der Waals surface area contributed by atoms with Crippen molar-refractivity contribution in [3.8, 4) is 0 Å². The number of nitrogens with zero attached hydrogens (tertiary/aromatic N) is 5. The van der Waals surface area contributed by atoms with Gasteiger partial charge in [0.2, 0.25) is 11.8 Å². The number of rotatable bonds is 3. The van der Waals surface area contributed by atoms with Gasteiger partial charge in [0, 0.05) is 45.1 Å². The monoisotopic (exact) mass is 287 g/mol. The van der Waals surface area contributed by atoms with E-state index in [-0.39, 0.29) is 17.7 Å². The Morgan fingerprint density at radius 2 is 1.95 bits per heavy atom. The van der Waals surface area contributed by atoms with E-state index >= 15 is 0 Å². The molecule has 8 heteroatoms. The van der Waals surface area contributed by atoms with Gasteiger partial charge in [-0.05, 0) is 17.7 Å². The van der Waals surface area contributed by atoms with Crippen LogP contribution in [-0.4, -0.2) is 62.1 Å². The first-order valence-corrected chi connectivity index (χ1v) is 6.81. The first kappa shape index (κ1) is 13.5. The zero-order valence-corrected chi connectivity index (χ0v) is 11.6. The number of nitrogens with one attached hydrogen (secondary N) is 1. The summed E-state index contributed by atoms with van der Waals surface area (Å²) in [6, 6.07) is 4.02. The van der Waals surface area contributed by atoms with E-state index < -0.39 is 0 Å². The smallest absolute Gasteiger partial charge is 0.291 e. The summed E-state index contributed by atoms with van der Waals surface area (Å²) >= 11 is 0. The van der Waals surface area contributed by atoms with E-state index in [2.05, 4.69) is 25.1 Å². The second-order valence-corrected chi connectivity index (χ2v) is 4.97. The maximum Gasteiger partial charge on any atom is 0.291 e. The summed E-state index contributed by atoms with van der Waals surface area (Å²) in [6.45, 7) is 3.88. The zero-order chi connectivity index (χ0) is 14.7. The van der Waals surface area contributed by atoms with Gasteiger partial charge < -0.3 is 10.6 Å². The molecule has 1 aliphatic heterocycles. The highest BCUT2D eigenvalue weighted by Gasteiger charge is 2.24. The molecule has 0 spiro atoms. The summed E-state index contributed by atoms with van der Waals surface area (Å²) in [4.78, 5) is 24.2. The van der Waals surface area contributed by atoms with E-state index in [1.165, 1.54) is 5.56 Å². The average Bonchev–Trinajstić information content (AvgIpc) is 2.95. The number of aromatic nitrogens is 4. The number of nitrogens with two attached hydrogens (primary N) is 1. The Balaban J connectivity index is 1.54. The molecule has 0 radical (unpaired) electrons. The van der Waals surface area contributed by atoms with Crippen LogP contribution in [0.15, 0.2) is 24.5 Å². The van der Waals surface area contributed by atoms with E-state index in [1.807, 2.05) is 12.1 Å². The third-order valence-corrected chi connectivity index (χ3v) is 3.52. The molecule has 21 heavy (non-hydrogen) atoms. The van der Waals surface area contributed by atoms with Crippen molar-refractivity contribution in [2.75, 3.05) is 31.9 Å². The molecule has 1 fully saturated rings. The van der Waals surface area contributed by atoms with Crippen molar-refractivity contribution >= 4 is 11.9 Å². The third-order valence-electron chi connectivity index (χ3n) is 3.52. The number of amides is 1. The lowest BCUT2D eigenvalue weighted by molar-refractivity contribution is 0.0617. The maximum absolute atomic E-state index is 12.2. The number of hydrogen-bond acceptors (Lipinski definition) is 6. The van der Waals surface area contributed by atoms with Gasteiger partial charge in [0.15, 0.2) is 0 Å². The Hall–Kier alpha value is -2.48. The number of H-pyrrole nitrogens is 1. The topological polar surface area (TPSA) is 104 Å². The minimum Gasteiger partial charge on any atom is -0.366 e. The van der Waals surface area contributed by atoms with E-state index in [1.54, 1.807) is 17.3 Å². The van der Waals surface area contributed by atoms with Crippen molar-refractivity contribution in [3.05, 3.63) is 35.9 Å². The molecule has 3 rings (SSSR count). The summed E-state index contributed by atoms with van der Waals surface area (Å²) in [7, 11) is 0. The van der Waals surface area contributed by atoms with Gasteiger partial charge in [-0.1, -0.05) is 0 Å². The summed E-state index contributed by atoms with van der Waals surface area (Å²) in [5, 5.41) is 6.24. The molecule has 3 heterocycles. The van der Waals surface area contributed by atoms with E-state index in [9.17, 15) is 4.79 Å². The lowest BCUT2D eigenvalue weighted by Crippen LogP contribution is -2.48. The van der Waals surface area contributed by atoms with Gasteiger partial charge in [0.1, 0.15) is 0 Å². The third kappa shape index (κ3) is 3.16. The number of pyridine rings is 1. The minimum atomic E-state index is -0.150. The van der Waals surface area contributed by atoms with Crippen LogP contribution in [0.3, 0.4) is 0 Å². The zero-order valence-electron chi connectivity index (χ0n) is 11.6. The van der Waals surface area contributed by atoms with Gasteiger partial charge in [-0.25, -0.2) is 0 Å². The second-order valence-electron chi connectivity index (χ2n) is 4.97. The highest BCUT2D eigenvalue weighted by molar-refractivity contribution is 5.90. The van der Waals surface area contributed by atoms with Gasteiger partial charge in [0.25, 0.3) is 5.91 Å². The van der Waals surface area contributed by atoms with Crippen molar-refractivity contribution in [1.82, 2.24) is 30.0 Å². The Kier molecular flexibility index (Phi) is 3.78. The molecular formula is C13H17N7O. The minimum absolute atomic E-state index is 0.0923. The molecular weight excluding hydrogens is 270 g/mol. The SMILES string of the molecule is Nc1n[nH]c(C(=O)N2CCN(Cc3ccncc3)CC2)n1. The predicted octanol–water partition coefficient (Wildman–Crippen LogP) is -0.260. The van der Waals surface area contributed by atoms with Crippen LogP contribution in [0.4, 0.5) is 5.95 Å². The number of carbonyl (C=O) groups is 1. The van der Waals surface area contributed by atoms with Crippen LogP contribution >= 0.6 is 0 Å². The van der Waals surface area contributed by atoms with Gasteiger partial charge >= 0.3 is 0 Å². The van der Waals surface area contributed by atoms with Crippen molar-refractivity contribution in [2.24, 2.45) is 0 Å². The van der Waals surface area contributed by atoms with Crippen LogP contribution in [0.5, 0.6) is 0 Å². The Labute approximate surface area is 122 Å². The van der Waals surface area contributed by atoms with Gasteiger partial charge in [-0.2, -0.15) is 4.98 Å². The first-order chi connectivity index (χ1) is 10.2. The van der Waals surface area contributed by atoms with E-state index in [0.717, 1.165) is 19.6 Å². The van der Waals surface area contributed by atoms with Gasteiger partial charge in [-0.3, -0.25) is 19.8 Å². The first-order valence-electron chi connectivity index (χ1n) is 6.81. The Bertz CT molecular complexity index is 604. The molecule has 0 aliphatic carbocycles. The lowest BCUT2D eigenvalue weighted by atomic mass is 10.2. The molecule has 1 saturated heterocycles. The van der Waals surface area contributed by atoms with Crippen LogP contribution in [0, 0.1) is 0 Å². The lowest BCUT2D eigenvalue weighted by Gasteiger charge is -2.34. The molecule has 0 unspecified atom stereocenters. The van der Waals surface area contributed by atoms with Crippen molar-refractivity contribution < 1.29 is 4.79 Å². The van der Waals surface area contributed by atoms with E-state index in [0.29, 0.717) is 13.1 Å². The van der Waals surface area contributed by atoms with Crippen LogP contribution in [0.1, 0.15) is 16.2 Å². The molecule has 0 bridgehead atoms. The number of anilines is 1. The molecule has 0 saturated carbocycles. The number of nitrogen functional groups attached to an aromatic ring is 1. The Morgan fingerprint density at radius 3 is 2.57 bits per heavy atom. The summed E-state index contributed by atoms with van der Waals surface area (Å²) in [5.74, 6) is 0.146. The predicted molar refractivity (Wildman–Crippen MR) is 76.2 cm³/mol. The molecule has 0 aromatic carbocycles. The standard InChI is InChI=1S/C13H17N7O/c14-13-16-11(17-18-13)12(21)20-7-5-19(6-8-20)9-10-1-3-15-4-2-10/h1-4H,5-9H2,(H3,14,16,17,18). The molecule has 0 atom stereocenters. The van der Waals surface area contributed by atoms with Crippen molar-refractivity contribution in [1.29, 1.82) is 0 Å². The van der Waals surface area contributed by atoms with Crippen LogP contribution < -0.4 is 5.73 Å². The molecule has 2 aromatic heterocycles. The highest BCUT2D eigenvalue weighted by Crippen LogP contribution is 2.09. The average molecular weight is 287 g/mol. The summed E-state index contributed by atoms with van der Waals surface area (Å²) in [5.41, 5.74) is 6.65. The van der Waals surface area contributed by atoms with Gasteiger partial charge in [-0.15, -0.1) is 5.10 Å². The van der Waals surface area contributed by atoms with Crippen LogP contribution in [0.25, 0.3) is 0 Å². The number of carbonyl (C=O) groups excluding carboxylic acids is 1. The number of aromatic amines is 1. The molecule has 3 N–H and O–H groups in total. The molecule has 8 nitrogen and oxygen atoms in total. The largest absolute Gasteiger partial charge is 0.366 e. The summed E-state index contributed by atoms with van der Waals surface area (Å²) < 4.78 is 0. The highest BCUT2D eigenvalue weighted by atomic mass is 16.2. The van der Waals surface area contributed by atoms with Crippen molar-refractivity contribution in [2.45, 2.75) is 6.54 Å². The molecule has 2 aromatic rings. The molecule has 110 valence electrons. The van der Waals surface area contributed by atoms with Crippen molar-refractivity contribution in [3.63, 3.8) is 0 Å².